The molecule has 1 amide bonds. The maximum Gasteiger partial charge on any atom is 0.414 e. The van der Waals surface area contributed by atoms with E-state index >= 15 is 0 Å². The summed E-state index contributed by atoms with van der Waals surface area (Å²) in [5, 5.41) is 1.06. The van der Waals surface area contributed by atoms with Crippen LogP contribution in [0.4, 0.5) is 14.9 Å². The van der Waals surface area contributed by atoms with Crippen molar-refractivity contribution < 1.29 is 13.9 Å². The highest BCUT2D eigenvalue weighted by atomic mass is 19.1. The van der Waals surface area contributed by atoms with E-state index in [0.717, 1.165) is 0 Å². The lowest BCUT2D eigenvalue weighted by Crippen LogP contribution is -2.34. The van der Waals surface area contributed by atoms with Crippen molar-refractivity contribution in [2.75, 3.05) is 11.9 Å². The zero-order chi connectivity index (χ0) is 15.8. The number of carbonyl (C=O) groups is 1. The molecular weight excluding hydrogens is 271 g/mol. The molecule has 1 aromatic carbocycles. The van der Waals surface area contributed by atoms with Gasteiger partial charge in [0, 0.05) is 23.5 Å². The van der Waals surface area contributed by atoms with Gasteiger partial charge in [0.05, 0.1) is 11.9 Å². The molecule has 0 aliphatic rings. The molecule has 4 nitrogen and oxygen atoms in total. The molecule has 0 saturated heterocycles. The minimum absolute atomic E-state index is 0.373. The number of halogens is 1. The fraction of sp³-hybridized carbons (Fsp3) is 0.375. The monoisotopic (exact) mass is 290 g/mol. The molecule has 0 aliphatic carbocycles. The van der Waals surface area contributed by atoms with E-state index in [1.54, 1.807) is 52.9 Å². The number of aryl methyl sites for hydroxylation is 1. The van der Waals surface area contributed by atoms with Crippen LogP contribution in [0.3, 0.4) is 0 Å². The number of hydrogen-bond donors (Lipinski definition) is 0. The van der Waals surface area contributed by atoms with Crippen LogP contribution >= 0.6 is 0 Å². The molecule has 5 heteroatoms. The van der Waals surface area contributed by atoms with Gasteiger partial charge in [-0.05, 0) is 33.8 Å². The van der Waals surface area contributed by atoms with E-state index in [0.29, 0.717) is 22.2 Å². The maximum atomic E-state index is 14.1. The molecular formula is C16H19FN2O2. The average molecular weight is 290 g/mol. The molecule has 0 fully saturated rings. The van der Waals surface area contributed by atoms with Gasteiger partial charge < -0.3 is 4.74 Å². The number of anilines is 1. The zero-order valence-corrected chi connectivity index (χ0v) is 12.9. The first-order valence-corrected chi connectivity index (χ1v) is 6.71. The number of benzene rings is 1. The van der Waals surface area contributed by atoms with E-state index in [9.17, 15) is 9.18 Å². The highest BCUT2D eigenvalue weighted by Gasteiger charge is 2.22. The van der Waals surface area contributed by atoms with E-state index in [1.807, 2.05) is 0 Å². The molecule has 0 atom stereocenters. The van der Waals surface area contributed by atoms with Crippen molar-refractivity contribution in [1.29, 1.82) is 0 Å². The number of nitrogens with zero attached hydrogens (tertiary/aromatic N) is 2. The van der Waals surface area contributed by atoms with E-state index in [-0.39, 0.29) is 0 Å². The predicted octanol–water partition coefficient (Wildman–Crippen LogP) is 4.05. The van der Waals surface area contributed by atoms with Crippen LogP contribution in [-0.4, -0.2) is 23.7 Å². The summed E-state index contributed by atoms with van der Waals surface area (Å²) in [4.78, 5) is 17.5. The standard InChI is InChI=1S/C16H19FN2O2/c1-10-11-7-6-8-13(14(11)12(17)9-18-10)19(5)15(20)21-16(2,3)4/h6-9H,1-5H3. The molecule has 0 aliphatic heterocycles. The molecule has 1 heterocycles. The third-order valence-electron chi connectivity index (χ3n) is 3.07. The van der Waals surface area contributed by atoms with Crippen LogP contribution < -0.4 is 4.90 Å². The molecule has 0 saturated carbocycles. The van der Waals surface area contributed by atoms with E-state index < -0.39 is 17.5 Å². The van der Waals surface area contributed by atoms with Crippen LogP contribution in [0.15, 0.2) is 24.4 Å². The van der Waals surface area contributed by atoms with Crippen molar-refractivity contribution in [2.24, 2.45) is 0 Å². The molecule has 2 rings (SSSR count). The Balaban J connectivity index is 2.52. The molecule has 2 aromatic rings. The second-order valence-corrected chi connectivity index (χ2v) is 5.93. The van der Waals surface area contributed by atoms with Crippen molar-refractivity contribution in [3.05, 3.63) is 35.9 Å². The van der Waals surface area contributed by atoms with E-state index in [2.05, 4.69) is 4.98 Å². The number of aromatic nitrogens is 1. The van der Waals surface area contributed by atoms with E-state index in [4.69, 9.17) is 4.74 Å². The lowest BCUT2D eigenvalue weighted by molar-refractivity contribution is 0.0590. The number of carbonyl (C=O) groups excluding carboxylic acids is 1. The van der Waals surface area contributed by atoms with Gasteiger partial charge in [0.15, 0.2) is 5.82 Å². The van der Waals surface area contributed by atoms with Crippen molar-refractivity contribution in [3.8, 4) is 0 Å². The number of ether oxygens (including phenoxy) is 1. The van der Waals surface area contributed by atoms with Crippen molar-refractivity contribution in [1.82, 2.24) is 4.98 Å². The molecule has 0 unspecified atom stereocenters. The highest BCUT2D eigenvalue weighted by Crippen LogP contribution is 2.30. The summed E-state index contributed by atoms with van der Waals surface area (Å²) in [7, 11) is 1.57. The van der Waals surface area contributed by atoms with Gasteiger partial charge in [-0.1, -0.05) is 12.1 Å². The smallest absolute Gasteiger partial charge is 0.414 e. The lowest BCUT2D eigenvalue weighted by Gasteiger charge is -2.25. The normalized spacial score (nSPS) is 11.5. The molecule has 21 heavy (non-hydrogen) atoms. The second kappa shape index (κ2) is 5.31. The summed E-state index contributed by atoms with van der Waals surface area (Å²) in [6, 6.07) is 5.24. The van der Waals surface area contributed by atoms with Gasteiger partial charge in [0.25, 0.3) is 0 Å². The molecule has 0 bridgehead atoms. The molecule has 0 radical (unpaired) electrons. The van der Waals surface area contributed by atoms with Crippen LogP contribution in [0.25, 0.3) is 10.8 Å². The van der Waals surface area contributed by atoms with Gasteiger partial charge in [-0.15, -0.1) is 0 Å². The Hall–Kier alpha value is -2.17. The fourth-order valence-electron chi connectivity index (χ4n) is 2.09. The predicted molar refractivity (Wildman–Crippen MR) is 81.1 cm³/mol. The number of pyridine rings is 1. The summed E-state index contributed by atoms with van der Waals surface area (Å²) in [6.45, 7) is 7.17. The van der Waals surface area contributed by atoms with Crippen molar-refractivity contribution in [2.45, 2.75) is 33.3 Å². The van der Waals surface area contributed by atoms with Gasteiger partial charge in [-0.3, -0.25) is 9.88 Å². The first kappa shape index (κ1) is 15.2. The van der Waals surface area contributed by atoms with Gasteiger partial charge in [0.2, 0.25) is 0 Å². The Morgan fingerprint density at radius 3 is 2.62 bits per heavy atom. The largest absolute Gasteiger partial charge is 0.443 e. The minimum Gasteiger partial charge on any atom is -0.443 e. The first-order valence-electron chi connectivity index (χ1n) is 6.71. The maximum absolute atomic E-state index is 14.1. The number of amides is 1. The Kier molecular flexibility index (Phi) is 3.85. The molecule has 112 valence electrons. The van der Waals surface area contributed by atoms with Gasteiger partial charge in [-0.25, -0.2) is 9.18 Å². The Morgan fingerprint density at radius 1 is 1.33 bits per heavy atom. The molecule has 1 aromatic heterocycles. The van der Waals surface area contributed by atoms with Crippen LogP contribution in [0.1, 0.15) is 26.5 Å². The Labute approximate surface area is 123 Å². The first-order chi connectivity index (χ1) is 9.70. The van der Waals surface area contributed by atoms with Crippen molar-refractivity contribution >= 4 is 22.6 Å². The highest BCUT2D eigenvalue weighted by molar-refractivity contribution is 6.02. The SMILES string of the molecule is Cc1ncc(F)c2c(N(C)C(=O)OC(C)(C)C)cccc12. The zero-order valence-electron chi connectivity index (χ0n) is 12.9. The Morgan fingerprint density at radius 2 is 2.00 bits per heavy atom. The third kappa shape index (κ3) is 3.12. The summed E-state index contributed by atoms with van der Waals surface area (Å²) in [6.07, 6.45) is 0.647. The second-order valence-electron chi connectivity index (χ2n) is 5.93. The summed E-state index contributed by atoms with van der Waals surface area (Å²) in [5.74, 6) is -0.457. The minimum atomic E-state index is -0.605. The molecule has 0 N–H and O–H groups in total. The van der Waals surface area contributed by atoms with Gasteiger partial charge in [0.1, 0.15) is 5.60 Å². The van der Waals surface area contributed by atoms with Gasteiger partial charge in [-0.2, -0.15) is 0 Å². The van der Waals surface area contributed by atoms with Crippen molar-refractivity contribution in [3.63, 3.8) is 0 Å². The molecule has 0 spiro atoms. The van der Waals surface area contributed by atoms with Crippen LogP contribution in [0, 0.1) is 12.7 Å². The van der Waals surface area contributed by atoms with Gasteiger partial charge >= 0.3 is 6.09 Å². The average Bonchev–Trinajstić information content (AvgIpc) is 2.39. The quantitative estimate of drug-likeness (QED) is 0.795. The number of fused-ring (bicyclic) bond motifs is 1. The summed E-state index contributed by atoms with van der Waals surface area (Å²) in [5.41, 5.74) is 0.571. The lowest BCUT2D eigenvalue weighted by atomic mass is 10.1. The summed E-state index contributed by atoms with van der Waals surface area (Å²) < 4.78 is 19.5. The number of rotatable bonds is 1. The van der Waals surface area contributed by atoms with E-state index in [1.165, 1.54) is 11.1 Å². The third-order valence-corrected chi connectivity index (χ3v) is 3.07. The number of hydrogen-bond acceptors (Lipinski definition) is 3. The van der Waals surface area contributed by atoms with Crippen LogP contribution in [0.5, 0.6) is 0 Å². The summed E-state index contributed by atoms with van der Waals surface area (Å²) >= 11 is 0. The van der Waals surface area contributed by atoms with Crippen LogP contribution in [-0.2, 0) is 4.74 Å². The van der Waals surface area contributed by atoms with Crippen LogP contribution in [0.2, 0.25) is 0 Å². The topological polar surface area (TPSA) is 42.4 Å². The fourth-order valence-corrected chi connectivity index (χ4v) is 2.09. The Bertz CT molecular complexity index is 692.